The summed E-state index contributed by atoms with van der Waals surface area (Å²) in [7, 11) is 0. The summed E-state index contributed by atoms with van der Waals surface area (Å²) >= 11 is 3.27. The Balaban J connectivity index is 2.28. The molecule has 1 amide bonds. The predicted molar refractivity (Wildman–Crippen MR) is 72.1 cm³/mol. The predicted octanol–water partition coefficient (Wildman–Crippen LogP) is 3.80. The van der Waals surface area contributed by atoms with Gasteiger partial charge in [-0.25, -0.2) is 8.78 Å². The van der Waals surface area contributed by atoms with Gasteiger partial charge in [-0.05, 0) is 41.1 Å². The Hall–Kier alpha value is -1.69. The third kappa shape index (κ3) is 2.84. The fourth-order valence-electron chi connectivity index (χ4n) is 1.71. The molecule has 19 heavy (non-hydrogen) atoms. The fraction of sp³-hybridized carbons (Fsp3) is 0.154. The van der Waals surface area contributed by atoms with Gasteiger partial charge in [0.2, 0.25) is 0 Å². The number of carbonyl (C=O) groups excluding carboxylic acids is 1. The number of amides is 1. The van der Waals surface area contributed by atoms with E-state index >= 15 is 0 Å². The molecular weight excluding hydrogens is 318 g/mol. The maximum Gasteiger partial charge on any atom is 0.272 e. The number of aryl methyl sites for hydroxylation is 1. The van der Waals surface area contributed by atoms with Crippen molar-refractivity contribution in [2.24, 2.45) is 0 Å². The van der Waals surface area contributed by atoms with E-state index in [1.807, 2.05) is 6.92 Å². The van der Waals surface area contributed by atoms with Crippen molar-refractivity contribution in [1.29, 1.82) is 0 Å². The minimum absolute atomic E-state index is 0.176. The number of hydrogen-bond acceptors (Lipinski definition) is 1. The molecule has 1 aromatic carbocycles. The van der Waals surface area contributed by atoms with Crippen LogP contribution in [0.25, 0.3) is 0 Å². The minimum atomic E-state index is -1.07. The van der Waals surface area contributed by atoms with Crippen molar-refractivity contribution >= 4 is 27.5 Å². The van der Waals surface area contributed by atoms with E-state index in [-0.39, 0.29) is 5.69 Å². The number of nitrogens with one attached hydrogen (secondary N) is 1. The van der Waals surface area contributed by atoms with Crippen molar-refractivity contribution in [2.75, 3.05) is 5.32 Å². The van der Waals surface area contributed by atoms with E-state index in [4.69, 9.17) is 0 Å². The molecule has 1 N–H and O–H groups in total. The van der Waals surface area contributed by atoms with Gasteiger partial charge in [-0.15, -0.1) is 0 Å². The maximum absolute atomic E-state index is 13.5. The molecule has 0 fully saturated rings. The van der Waals surface area contributed by atoms with Crippen LogP contribution in [0.1, 0.15) is 17.4 Å². The molecule has 0 atom stereocenters. The van der Waals surface area contributed by atoms with Crippen molar-refractivity contribution in [3.05, 3.63) is 52.3 Å². The van der Waals surface area contributed by atoms with Gasteiger partial charge < -0.3 is 9.88 Å². The summed E-state index contributed by atoms with van der Waals surface area (Å²) in [4.78, 5) is 12.0. The standard InChI is InChI=1S/C13H11BrF2N2O/c1-2-18-7-8(14)6-11(18)13(19)17-10-5-3-4-9(15)12(10)16/h3-7H,2H2,1H3,(H,17,19). The van der Waals surface area contributed by atoms with Gasteiger partial charge in [0.15, 0.2) is 11.6 Å². The largest absolute Gasteiger partial charge is 0.343 e. The molecule has 3 nitrogen and oxygen atoms in total. The zero-order valence-corrected chi connectivity index (χ0v) is 11.7. The van der Waals surface area contributed by atoms with Crippen LogP contribution in [-0.4, -0.2) is 10.5 Å². The molecule has 0 aliphatic rings. The molecule has 0 spiro atoms. The Bertz CT molecular complexity index is 625. The lowest BCUT2D eigenvalue weighted by Gasteiger charge is -2.08. The van der Waals surface area contributed by atoms with Gasteiger partial charge in [-0.1, -0.05) is 6.07 Å². The highest BCUT2D eigenvalue weighted by atomic mass is 79.9. The molecule has 100 valence electrons. The monoisotopic (exact) mass is 328 g/mol. The summed E-state index contributed by atoms with van der Waals surface area (Å²) in [5.41, 5.74) is 0.197. The topological polar surface area (TPSA) is 34.0 Å². The quantitative estimate of drug-likeness (QED) is 0.913. The second-order valence-corrected chi connectivity index (χ2v) is 4.80. The number of carbonyl (C=O) groups is 1. The zero-order chi connectivity index (χ0) is 14.0. The smallest absolute Gasteiger partial charge is 0.272 e. The highest BCUT2D eigenvalue weighted by Gasteiger charge is 2.15. The fourth-order valence-corrected chi connectivity index (χ4v) is 2.18. The third-order valence-electron chi connectivity index (χ3n) is 2.64. The van der Waals surface area contributed by atoms with Gasteiger partial charge in [-0.2, -0.15) is 0 Å². The van der Waals surface area contributed by atoms with E-state index in [2.05, 4.69) is 21.2 Å². The molecule has 0 bridgehead atoms. The van der Waals surface area contributed by atoms with Crippen LogP contribution in [-0.2, 0) is 6.54 Å². The normalized spacial score (nSPS) is 10.5. The van der Waals surface area contributed by atoms with Crippen molar-refractivity contribution in [1.82, 2.24) is 4.57 Å². The van der Waals surface area contributed by atoms with Gasteiger partial charge in [0.25, 0.3) is 5.91 Å². The Morgan fingerprint density at radius 3 is 2.84 bits per heavy atom. The molecule has 0 aliphatic carbocycles. The van der Waals surface area contributed by atoms with Crippen molar-refractivity contribution < 1.29 is 13.6 Å². The van der Waals surface area contributed by atoms with Crippen LogP contribution in [0.4, 0.5) is 14.5 Å². The van der Waals surface area contributed by atoms with Crippen LogP contribution >= 0.6 is 15.9 Å². The van der Waals surface area contributed by atoms with E-state index in [0.29, 0.717) is 12.2 Å². The number of halogens is 3. The molecule has 0 saturated carbocycles. The average Bonchev–Trinajstić information content (AvgIpc) is 2.76. The number of rotatable bonds is 3. The molecule has 0 radical (unpaired) electrons. The van der Waals surface area contributed by atoms with Gasteiger partial charge >= 0.3 is 0 Å². The highest BCUT2D eigenvalue weighted by molar-refractivity contribution is 9.10. The van der Waals surface area contributed by atoms with Gasteiger partial charge in [0.1, 0.15) is 5.69 Å². The summed E-state index contributed by atoms with van der Waals surface area (Å²) in [6.45, 7) is 2.48. The maximum atomic E-state index is 13.5. The van der Waals surface area contributed by atoms with Crippen molar-refractivity contribution in [3.8, 4) is 0 Å². The van der Waals surface area contributed by atoms with E-state index < -0.39 is 17.5 Å². The molecule has 0 saturated heterocycles. The van der Waals surface area contributed by atoms with Gasteiger partial charge in [-0.3, -0.25) is 4.79 Å². The lowest BCUT2D eigenvalue weighted by molar-refractivity contribution is 0.101. The van der Waals surface area contributed by atoms with Crippen LogP contribution in [0.2, 0.25) is 0 Å². The van der Waals surface area contributed by atoms with Crippen LogP contribution in [0.5, 0.6) is 0 Å². The summed E-state index contributed by atoms with van der Waals surface area (Å²) in [5, 5.41) is 2.36. The summed E-state index contributed by atoms with van der Waals surface area (Å²) in [6, 6.07) is 5.26. The van der Waals surface area contributed by atoms with Crippen molar-refractivity contribution in [3.63, 3.8) is 0 Å². The first-order valence-electron chi connectivity index (χ1n) is 5.64. The second kappa shape index (κ2) is 5.52. The number of anilines is 1. The van der Waals surface area contributed by atoms with E-state index in [9.17, 15) is 13.6 Å². The minimum Gasteiger partial charge on any atom is -0.343 e. The Labute approximate surface area is 117 Å². The lowest BCUT2D eigenvalue weighted by atomic mass is 10.3. The first kappa shape index (κ1) is 13.7. The van der Waals surface area contributed by atoms with Crippen LogP contribution in [0.3, 0.4) is 0 Å². The summed E-state index contributed by atoms with van der Waals surface area (Å²) in [6.07, 6.45) is 1.75. The van der Waals surface area contributed by atoms with Crippen molar-refractivity contribution in [2.45, 2.75) is 13.5 Å². The first-order valence-corrected chi connectivity index (χ1v) is 6.43. The summed E-state index contributed by atoms with van der Waals surface area (Å²) in [5.74, 6) is -2.55. The molecular formula is C13H11BrF2N2O. The molecule has 6 heteroatoms. The Morgan fingerprint density at radius 1 is 1.42 bits per heavy atom. The van der Waals surface area contributed by atoms with Crippen LogP contribution in [0, 0.1) is 11.6 Å². The van der Waals surface area contributed by atoms with Gasteiger partial charge in [0, 0.05) is 17.2 Å². The first-order chi connectivity index (χ1) is 9.02. The molecule has 1 heterocycles. The van der Waals surface area contributed by atoms with Gasteiger partial charge in [0.05, 0.1) is 5.69 Å². The number of hydrogen-bond donors (Lipinski definition) is 1. The van der Waals surface area contributed by atoms with E-state index in [0.717, 1.165) is 10.5 Å². The van der Waals surface area contributed by atoms with E-state index in [1.54, 1.807) is 16.8 Å². The Kier molecular flexibility index (Phi) is 3.99. The lowest BCUT2D eigenvalue weighted by Crippen LogP contribution is -2.17. The van der Waals surface area contributed by atoms with Crippen LogP contribution in [0.15, 0.2) is 34.9 Å². The molecule has 0 unspecified atom stereocenters. The molecule has 1 aromatic heterocycles. The SMILES string of the molecule is CCn1cc(Br)cc1C(=O)Nc1cccc(F)c1F. The van der Waals surface area contributed by atoms with Crippen LogP contribution < -0.4 is 5.32 Å². The number of benzene rings is 1. The average molecular weight is 329 g/mol. The Morgan fingerprint density at radius 2 is 2.16 bits per heavy atom. The number of nitrogens with zero attached hydrogens (tertiary/aromatic N) is 1. The third-order valence-corrected chi connectivity index (χ3v) is 3.07. The second-order valence-electron chi connectivity index (χ2n) is 3.89. The highest BCUT2D eigenvalue weighted by Crippen LogP contribution is 2.20. The molecule has 2 aromatic rings. The summed E-state index contributed by atoms with van der Waals surface area (Å²) < 4.78 is 29.0. The molecule has 0 aliphatic heterocycles. The molecule has 2 rings (SSSR count). The van der Waals surface area contributed by atoms with E-state index in [1.165, 1.54) is 12.1 Å². The number of aromatic nitrogens is 1. The zero-order valence-electron chi connectivity index (χ0n) is 10.1.